The van der Waals surface area contributed by atoms with E-state index in [1.165, 1.54) is 29.5 Å². The Labute approximate surface area is 135 Å². The third-order valence-corrected chi connectivity index (χ3v) is 4.53. The zero-order valence-electron chi connectivity index (χ0n) is 12.0. The van der Waals surface area contributed by atoms with Crippen molar-refractivity contribution in [3.05, 3.63) is 57.8 Å². The molecule has 1 aliphatic carbocycles. The maximum absolute atomic E-state index is 13.7. The molecular formula is C16H14F2N2O2S. The molecule has 120 valence electrons. The Morgan fingerprint density at radius 3 is 2.57 bits per heavy atom. The van der Waals surface area contributed by atoms with E-state index in [1.807, 2.05) is 0 Å². The van der Waals surface area contributed by atoms with E-state index in [0.717, 1.165) is 0 Å². The molecule has 0 spiro atoms. The molecule has 0 aliphatic heterocycles. The lowest BCUT2D eigenvalue weighted by Crippen LogP contribution is -2.38. The number of carbonyl (C=O) groups excluding carboxylic acids is 2. The molecule has 1 saturated carbocycles. The highest BCUT2D eigenvalue weighted by Gasteiger charge is 2.42. The van der Waals surface area contributed by atoms with Crippen LogP contribution in [0.1, 0.15) is 27.6 Å². The average Bonchev–Trinajstić information content (AvgIpc) is 3.02. The second kappa shape index (κ2) is 6.45. The summed E-state index contributed by atoms with van der Waals surface area (Å²) in [6.07, 6.45) is 0.489. The van der Waals surface area contributed by atoms with E-state index in [-0.39, 0.29) is 35.9 Å². The smallest absolute Gasteiger partial charge is 0.261 e. The highest BCUT2D eigenvalue weighted by molar-refractivity contribution is 7.12. The molecule has 7 heteroatoms. The first-order valence-electron chi connectivity index (χ1n) is 7.11. The SMILES string of the molecule is O=C(CNC(=O)c1cccs1)N[C@@H]1C[C@H]1c1c(F)cccc1F. The Kier molecular flexibility index (Phi) is 4.38. The number of hydrogen-bond donors (Lipinski definition) is 2. The summed E-state index contributed by atoms with van der Waals surface area (Å²) in [5.74, 6) is -2.24. The van der Waals surface area contributed by atoms with Gasteiger partial charge in [0.1, 0.15) is 11.6 Å². The second-order valence-corrected chi connectivity index (χ2v) is 6.26. The fourth-order valence-corrected chi connectivity index (χ4v) is 3.09. The predicted molar refractivity (Wildman–Crippen MR) is 82.3 cm³/mol. The number of carbonyl (C=O) groups is 2. The van der Waals surface area contributed by atoms with E-state index < -0.39 is 11.6 Å². The zero-order valence-corrected chi connectivity index (χ0v) is 12.8. The van der Waals surface area contributed by atoms with E-state index >= 15 is 0 Å². The molecule has 23 heavy (non-hydrogen) atoms. The van der Waals surface area contributed by atoms with Crippen LogP contribution in [0, 0.1) is 11.6 Å². The van der Waals surface area contributed by atoms with Gasteiger partial charge in [0.15, 0.2) is 0 Å². The number of halogens is 2. The zero-order chi connectivity index (χ0) is 16.4. The molecule has 0 saturated heterocycles. The molecule has 2 aromatic rings. The summed E-state index contributed by atoms with van der Waals surface area (Å²) in [4.78, 5) is 24.0. The molecule has 2 N–H and O–H groups in total. The summed E-state index contributed by atoms with van der Waals surface area (Å²) in [5.41, 5.74) is 0.0143. The molecule has 1 aliphatic rings. The summed E-state index contributed by atoms with van der Waals surface area (Å²) in [7, 11) is 0. The molecule has 4 nitrogen and oxygen atoms in total. The Bertz CT molecular complexity index is 713. The van der Waals surface area contributed by atoms with Crippen molar-refractivity contribution in [1.82, 2.24) is 10.6 Å². The molecule has 3 rings (SSSR count). The van der Waals surface area contributed by atoms with Gasteiger partial charge in [0.2, 0.25) is 5.91 Å². The van der Waals surface area contributed by atoms with Gasteiger partial charge >= 0.3 is 0 Å². The lowest BCUT2D eigenvalue weighted by Gasteiger charge is -2.07. The van der Waals surface area contributed by atoms with Gasteiger partial charge in [0.25, 0.3) is 5.91 Å². The number of nitrogens with one attached hydrogen (secondary N) is 2. The van der Waals surface area contributed by atoms with Gasteiger partial charge in [-0.3, -0.25) is 9.59 Å². The van der Waals surface area contributed by atoms with E-state index in [4.69, 9.17) is 0 Å². The lowest BCUT2D eigenvalue weighted by molar-refractivity contribution is -0.120. The topological polar surface area (TPSA) is 58.2 Å². The van der Waals surface area contributed by atoms with Crippen molar-refractivity contribution in [3.8, 4) is 0 Å². The van der Waals surface area contributed by atoms with E-state index in [2.05, 4.69) is 10.6 Å². The summed E-state index contributed by atoms with van der Waals surface area (Å²) in [5, 5.41) is 6.95. The third kappa shape index (κ3) is 3.56. The number of rotatable bonds is 5. The largest absolute Gasteiger partial charge is 0.351 e. The summed E-state index contributed by atoms with van der Waals surface area (Å²) in [6, 6.07) is 6.83. The fraction of sp³-hybridized carbons (Fsp3) is 0.250. The monoisotopic (exact) mass is 336 g/mol. The maximum Gasteiger partial charge on any atom is 0.261 e. The molecule has 1 heterocycles. The third-order valence-electron chi connectivity index (χ3n) is 3.66. The van der Waals surface area contributed by atoms with Crippen molar-refractivity contribution in [1.29, 1.82) is 0 Å². The van der Waals surface area contributed by atoms with Gasteiger partial charge in [-0.25, -0.2) is 8.78 Å². The number of thiophene rings is 1. The second-order valence-electron chi connectivity index (χ2n) is 5.31. The van der Waals surface area contributed by atoms with Gasteiger partial charge in [0.05, 0.1) is 11.4 Å². The number of hydrogen-bond acceptors (Lipinski definition) is 3. The van der Waals surface area contributed by atoms with Crippen LogP contribution >= 0.6 is 11.3 Å². The summed E-state index contributed by atoms with van der Waals surface area (Å²) >= 11 is 1.28. The van der Waals surface area contributed by atoms with Crippen LogP contribution in [0.2, 0.25) is 0 Å². The van der Waals surface area contributed by atoms with Gasteiger partial charge in [-0.2, -0.15) is 0 Å². The number of amides is 2. The Balaban J connectivity index is 1.50. The van der Waals surface area contributed by atoms with Gasteiger partial charge in [0, 0.05) is 17.5 Å². The van der Waals surface area contributed by atoms with Crippen molar-refractivity contribution in [2.45, 2.75) is 18.4 Å². The Hall–Kier alpha value is -2.28. The fourth-order valence-electron chi connectivity index (χ4n) is 2.45. The molecule has 0 unspecified atom stereocenters. The molecule has 1 aromatic heterocycles. The first-order valence-corrected chi connectivity index (χ1v) is 7.99. The summed E-state index contributed by atoms with van der Waals surface area (Å²) in [6.45, 7) is -0.167. The Morgan fingerprint density at radius 2 is 1.91 bits per heavy atom. The van der Waals surface area contributed by atoms with Crippen LogP contribution in [0.25, 0.3) is 0 Å². The quantitative estimate of drug-likeness (QED) is 0.881. The molecule has 1 aromatic carbocycles. The maximum atomic E-state index is 13.7. The van der Waals surface area contributed by atoms with E-state index in [9.17, 15) is 18.4 Å². The molecule has 0 radical (unpaired) electrons. The molecule has 2 atom stereocenters. The first-order chi connectivity index (χ1) is 11.1. The molecule has 2 amide bonds. The van der Waals surface area contributed by atoms with Crippen LogP contribution in [0.4, 0.5) is 8.78 Å². The van der Waals surface area contributed by atoms with Crippen LogP contribution in [0.5, 0.6) is 0 Å². The van der Waals surface area contributed by atoms with Crippen LogP contribution < -0.4 is 10.6 Å². The molecule has 1 fully saturated rings. The van der Waals surface area contributed by atoms with Crippen LogP contribution in [0.3, 0.4) is 0 Å². The van der Waals surface area contributed by atoms with Gasteiger partial charge < -0.3 is 10.6 Å². The number of benzene rings is 1. The van der Waals surface area contributed by atoms with Crippen molar-refractivity contribution in [3.63, 3.8) is 0 Å². The van der Waals surface area contributed by atoms with Crippen molar-refractivity contribution < 1.29 is 18.4 Å². The first kappa shape index (κ1) is 15.6. The Morgan fingerprint density at radius 1 is 1.17 bits per heavy atom. The minimum absolute atomic E-state index is 0.0143. The summed E-state index contributed by atoms with van der Waals surface area (Å²) < 4.78 is 27.3. The highest BCUT2D eigenvalue weighted by Crippen LogP contribution is 2.42. The minimum atomic E-state index is -0.599. The highest BCUT2D eigenvalue weighted by atomic mass is 32.1. The van der Waals surface area contributed by atoms with Crippen molar-refractivity contribution in [2.24, 2.45) is 0 Å². The lowest BCUT2D eigenvalue weighted by atomic mass is 10.1. The van der Waals surface area contributed by atoms with E-state index in [0.29, 0.717) is 11.3 Å². The minimum Gasteiger partial charge on any atom is -0.351 e. The average molecular weight is 336 g/mol. The predicted octanol–water partition coefficient (Wildman–Crippen LogP) is 2.43. The molecular weight excluding hydrogens is 322 g/mol. The van der Waals surface area contributed by atoms with Crippen LogP contribution in [-0.4, -0.2) is 24.4 Å². The van der Waals surface area contributed by atoms with Gasteiger partial charge in [-0.15, -0.1) is 11.3 Å². The molecule has 0 bridgehead atoms. The van der Waals surface area contributed by atoms with Crippen molar-refractivity contribution >= 4 is 23.2 Å². The van der Waals surface area contributed by atoms with Crippen LogP contribution in [-0.2, 0) is 4.79 Å². The normalized spacial score (nSPS) is 19.2. The van der Waals surface area contributed by atoms with Gasteiger partial charge in [-0.05, 0) is 30.0 Å². The van der Waals surface area contributed by atoms with Crippen LogP contribution in [0.15, 0.2) is 35.7 Å². The van der Waals surface area contributed by atoms with Crippen molar-refractivity contribution in [2.75, 3.05) is 6.54 Å². The standard InChI is InChI=1S/C16H14F2N2O2S/c17-10-3-1-4-11(18)15(10)9-7-12(9)20-14(21)8-19-16(22)13-5-2-6-23-13/h1-6,9,12H,7-8H2,(H,19,22)(H,20,21)/t9-,12-/m1/s1. The van der Waals surface area contributed by atoms with Gasteiger partial charge in [-0.1, -0.05) is 12.1 Å². The van der Waals surface area contributed by atoms with E-state index in [1.54, 1.807) is 17.5 Å².